The van der Waals surface area contributed by atoms with Crippen LogP contribution in [0.1, 0.15) is 79.1 Å². The molecule has 0 N–H and O–H groups in total. The number of rotatable bonds is 13. The van der Waals surface area contributed by atoms with E-state index in [0.717, 1.165) is 0 Å². The van der Waals surface area contributed by atoms with E-state index in [1.165, 1.54) is 25.7 Å². The summed E-state index contributed by atoms with van der Waals surface area (Å²) in [5, 5.41) is 0. The third-order valence-corrected chi connectivity index (χ3v) is 74.1. The Morgan fingerprint density at radius 1 is 0.444 bits per heavy atom. The Balaban J connectivity index is 4.27. The van der Waals surface area contributed by atoms with E-state index in [1.54, 1.807) is 42.2 Å². The van der Waals surface area contributed by atoms with Crippen LogP contribution in [0.25, 0.3) is 0 Å². The molecule has 0 aliphatic heterocycles. The fraction of sp³-hybridized carbons (Fsp3) is 1.00. The van der Waals surface area contributed by atoms with Gasteiger partial charge in [-0.3, -0.25) is 0 Å². The number of unbranched alkanes of at least 4 members (excludes halogenated alkanes) is 4. The van der Waals surface area contributed by atoms with Crippen molar-refractivity contribution in [2.45, 2.75) is 95.6 Å². The summed E-state index contributed by atoms with van der Waals surface area (Å²) in [5.74, 6) is 0. The second-order valence-electron chi connectivity index (χ2n) is 5.32. The van der Waals surface area contributed by atoms with Crippen molar-refractivity contribution >= 4 is 33.9 Å². The molecule has 0 aromatic carbocycles. The molecule has 0 nitrogen and oxygen atoms in total. The van der Waals surface area contributed by atoms with E-state index in [-0.39, 0.29) is 0 Å². The molecule has 0 spiro atoms. The predicted molar refractivity (Wildman–Crippen MR) is 90.4 cm³/mol. The molecule has 0 atom stereocenters. The van der Waals surface area contributed by atoms with Crippen molar-refractivity contribution in [3.8, 4) is 0 Å². The molecule has 18 heavy (non-hydrogen) atoms. The molecule has 0 radical (unpaired) electrons. The minimum atomic E-state index is -0.933. The average Bonchev–Trinajstić information content (AvgIpc) is 2.40. The van der Waals surface area contributed by atoms with Crippen molar-refractivity contribution in [3.63, 3.8) is 0 Å². The molecule has 0 unspecified atom stereocenters. The van der Waals surface area contributed by atoms with E-state index >= 15 is 0 Å². The van der Waals surface area contributed by atoms with Gasteiger partial charge in [0.1, 0.15) is 0 Å². The van der Waals surface area contributed by atoms with Crippen molar-refractivity contribution in [1.82, 2.24) is 0 Å². The van der Waals surface area contributed by atoms with Crippen LogP contribution in [0.3, 0.4) is 0 Å². The zero-order valence-corrected chi connectivity index (χ0v) is 20.3. The molecule has 0 heterocycles. The van der Waals surface area contributed by atoms with E-state index in [4.69, 9.17) is 0 Å². The molecule has 0 aromatic heterocycles. The van der Waals surface area contributed by atoms with E-state index in [2.05, 4.69) is 27.7 Å². The summed E-state index contributed by atoms with van der Waals surface area (Å²) >= 11 is -1.87. The Hall–Kier alpha value is 1.77. The van der Waals surface area contributed by atoms with Gasteiger partial charge in [-0.2, -0.15) is 0 Å². The van der Waals surface area contributed by atoms with Crippen molar-refractivity contribution < 1.29 is 0 Å². The van der Waals surface area contributed by atoms with E-state index < -0.39 is 33.9 Å². The monoisotopic (exact) mass is 646 g/mol. The molecule has 2 heteroatoms. The molecule has 0 fully saturated rings. The van der Waals surface area contributed by atoms with E-state index in [9.17, 15) is 0 Å². The van der Waals surface area contributed by atoms with Crippen molar-refractivity contribution in [2.24, 2.45) is 0 Å². The first-order valence-electron chi connectivity index (χ1n) is 8.29. The maximum atomic E-state index is 2.39. The van der Waals surface area contributed by atoms with Gasteiger partial charge < -0.3 is 0 Å². The summed E-state index contributed by atoms with van der Waals surface area (Å²) in [5.41, 5.74) is 0. The van der Waals surface area contributed by atoms with Crippen LogP contribution in [-0.4, -0.2) is 33.9 Å². The summed E-state index contributed by atoms with van der Waals surface area (Å²) in [6, 6.07) is 0. The molecule has 0 saturated carbocycles. The fourth-order valence-corrected chi connectivity index (χ4v) is 76.8. The van der Waals surface area contributed by atoms with Gasteiger partial charge in [-0.1, -0.05) is 0 Å². The maximum absolute atomic E-state index is 2.39. The Morgan fingerprint density at radius 3 is 0.833 bits per heavy atom. The molecule has 0 amide bonds. The van der Waals surface area contributed by atoms with Gasteiger partial charge in [-0.05, 0) is 0 Å². The molecular weight excluding hydrogens is 610 g/mol. The van der Waals surface area contributed by atoms with Gasteiger partial charge in [0.2, 0.25) is 0 Å². The molecule has 0 rings (SSSR count). The van der Waals surface area contributed by atoms with Crippen LogP contribution < -0.4 is 0 Å². The van der Waals surface area contributed by atoms with Gasteiger partial charge in [-0.25, -0.2) is 0 Å². The van der Waals surface area contributed by atoms with Crippen molar-refractivity contribution in [2.75, 3.05) is 0 Å². The molecule has 0 saturated heterocycles. The Kier molecular flexibility index (Phi) is 16.6. The molecule has 0 aliphatic rings. The topological polar surface area (TPSA) is 0 Å². The Labute approximate surface area is 128 Å². The molecule has 0 aliphatic carbocycles. The number of hydrogen-bond acceptors (Lipinski definition) is 0. The van der Waals surface area contributed by atoms with Crippen molar-refractivity contribution in [3.05, 3.63) is 0 Å². The zero-order valence-electron chi connectivity index (χ0n) is 13.4. The first-order valence-corrected chi connectivity index (χ1v) is 33.3. The summed E-state index contributed by atoms with van der Waals surface area (Å²) < 4.78 is 7.16. The fourth-order valence-electron chi connectivity index (χ4n) is 2.15. The molecule has 110 valence electrons. The number of hydrogen-bond donors (Lipinski definition) is 0. The third-order valence-electron chi connectivity index (χ3n) is 3.48. The summed E-state index contributed by atoms with van der Waals surface area (Å²) in [4.78, 5) is 0. The molecular formula is C16H36Bi2. The van der Waals surface area contributed by atoms with Crippen LogP contribution in [0.4, 0.5) is 0 Å². The second-order valence-corrected chi connectivity index (χ2v) is 58.7. The van der Waals surface area contributed by atoms with Crippen molar-refractivity contribution in [1.29, 1.82) is 0 Å². The summed E-state index contributed by atoms with van der Waals surface area (Å²) in [7, 11) is 0. The average molecular weight is 646 g/mol. The van der Waals surface area contributed by atoms with Gasteiger partial charge in [0.25, 0.3) is 0 Å². The van der Waals surface area contributed by atoms with Crippen LogP contribution in [0.15, 0.2) is 0 Å². The third kappa shape index (κ3) is 10.5. The molecule has 0 bridgehead atoms. The summed E-state index contributed by atoms with van der Waals surface area (Å²) in [6.07, 6.45) is 12.2. The second kappa shape index (κ2) is 15.2. The quantitative estimate of drug-likeness (QED) is 0.208. The Bertz CT molecular complexity index is 125. The minimum absolute atomic E-state index is 0.933. The standard InChI is InChI=1S/4C4H9.2Bi/c4*1-3-4-2;;/h4*1,3-4H2,2H3;;. The summed E-state index contributed by atoms with van der Waals surface area (Å²) in [6.45, 7) is 9.57. The molecule has 0 aromatic rings. The SMILES string of the molecule is CCC[CH2][Bi]([CH2]CCC)[Bi]([CH2]CCC)[CH2]CCC. The van der Waals surface area contributed by atoms with E-state index in [1.807, 2.05) is 0 Å². The Morgan fingerprint density at radius 2 is 0.667 bits per heavy atom. The first kappa shape index (κ1) is 19.8. The predicted octanol–water partition coefficient (Wildman–Crippen LogP) is 6.25. The van der Waals surface area contributed by atoms with Crippen LogP contribution in [0, 0.1) is 0 Å². The first-order chi connectivity index (χ1) is 8.79. The van der Waals surface area contributed by atoms with Crippen LogP contribution in [-0.2, 0) is 0 Å². The van der Waals surface area contributed by atoms with Gasteiger partial charge in [0.05, 0.1) is 0 Å². The van der Waals surface area contributed by atoms with Crippen LogP contribution in [0.2, 0.25) is 16.5 Å². The van der Waals surface area contributed by atoms with Gasteiger partial charge in [0.15, 0.2) is 0 Å². The van der Waals surface area contributed by atoms with Crippen LogP contribution >= 0.6 is 0 Å². The van der Waals surface area contributed by atoms with Crippen LogP contribution in [0.5, 0.6) is 0 Å². The zero-order chi connectivity index (χ0) is 13.6. The van der Waals surface area contributed by atoms with Gasteiger partial charge >= 0.3 is 129 Å². The van der Waals surface area contributed by atoms with Gasteiger partial charge in [-0.15, -0.1) is 0 Å². The normalized spacial score (nSPS) is 11.7. The van der Waals surface area contributed by atoms with E-state index in [0.29, 0.717) is 0 Å². The van der Waals surface area contributed by atoms with Gasteiger partial charge in [0, 0.05) is 0 Å².